The van der Waals surface area contributed by atoms with Gasteiger partial charge in [-0.25, -0.2) is 13.7 Å². The van der Waals surface area contributed by atoms with Crippen LogP contribution in [0.15, 0.2) is 56.6 Å². The lowest BCUT2D eigenvalue weighted by Crippen LogP contribution is -2.38. The Morgan fingerprint density at radius 1 is 1.07 bits per heavy atom. The molecule has 42 heavy (non-hydrogen) atoms. The molecule has 1 saturated heterocycles. The molecule has 0 bridgehead atoms. The molecule has 3 aromatic heterocycles. The molecule has 6 rings (SSSR count). The largest absolute Gasteiger partial charge is 0.439 e. The van der Waals surface area contributed by atoms with E-state index < -0.39 is 11.6 Å². The van der Waals surface area contributed by atoms with E-state index in [9.17, 15) is 9.59 Å². The van der Waals surface area contributed by atoms with Gasteiger partial charge in [0.15, 0.2) is 5.82 Å². The van der Waals surface area contributed by atoms with Crippen LogP contribution in [0, 0.1) is 12.7 Å². The number of nitrogens with zero attached hydrogens (tertiary/aromatic N) is 5. The minimum atomic E-state index is -0.668. The minimum Gasteiger partial charge on any atom is -0.375 e. The van der Waals surface area contributed by atoms with Gasteiger partial charge in [0, 0.05) is 23.6 Å². The molecule has 0 radical (unpaired) electrons. The highest BCUT2D eigenvalue weighted by Crippen LogP contribution is 2.32. The van der Waals surface area contributed by atoms with Crippen LogP contribution in [-0.4, -0.2) is 41.5 Å². The van der Waals surface area contributed by atoms with E-state index >= 15 is 4.39 Å². The van der Waals surface area contributed by atoms with Crippen LogP contribution in [0.3, 0.4) is 0 Å². The highest BCUT2D eigenvalue weighted by atomic mass is 19.1. The summed E-state index contributed by atoms with van der Waals surface area (Å²) in [6, 6.07) is 12.1. The Balaban J connectivity index is 1.45. The number of ether oxygens (including phenoxy) is 1. The summed E-state index contributed by atoms with van der Waals surface area (Å²) in [6.45, 7) is 7.89. The van der Waals surface area contributed by atoms with Crippen molar-refractivity contribution in [2.24, 2.45) is 0 Å². The van der Waals surface area contributed by atoms with Gasteiger partial charge in [0.2, 0.25) is 5.78 Å². The summed E-state index contributed by atoms with van der Waals surface area (Å²) in [5, 5.41) is 8.46. The second-order valence-electron chi connectivity index (χ2n) is 11.1. The molecule has 10 nitrogen and oxygen atoms in total. The monoisotopic (exact) mass is 572 g/mol. The first-order chi connectivity index (χ1) is 20.2. The Hall–Kier alpha value is -4.38. The zero-order valence-electron chi connectivity index (χ0n) is 24.1. The number of fused-ring (bicyclic) bond motifs is 1. The molecular formula is C31H33FN6O4. The molecule has 3 atom stereocenters. The number of H-pyrrole nitrogens is 1. The van der Waals surface area contributed by atoms with Crippen LogP contribution in [0.5, 0.6) is 0 Å². The van der Waals surface area contributed by atoms with Gasteiger partial charge in [0.05, 0.1) is 17.9 Å². The molecule has 11 heteroatoms. The zero-order chi connectivity index (χ0) is 29.5. The summed E-state index contributed by atoms with van der Waals surface area (Å²) < 4.78 is 30.0. The van der Waals surface area contributed by atoms with Crippen molar-refractivity contribution in [3.63, 3.8) is 0 Å². The number of aryl methyl sites for hydroxylation is 2. The Morgan fingerprint density at radius 2 is 1.81 bits per heavy atom. The molecule has 218 valence electrons. The van der Waals surface area contributed by atoms with Crippen molar-refractivity contribution in [2.45, 2.75) is 78.0 Å². The minimum absolute atomic E-state index is 0.00330. The smallest absolute Gasteiger partial charge is 0.375 e. The second-order valence-corrected chi connectivity index (χ2v) is 11.1. The molecule has 4 heterocycles. The van der Waals surface area contributed by atoms with E-state index in [4.69, 9.17) is 4.74 Å². The Morgan fingerprint density at radius 3 is 2.48 bits per heavy atom. The van der Waals surface area contributed by atoms with Crippen LogP contribution in [0.1, 0.15) is 68.7 Å². The summed E-state index contributed by atoms with van der Waals surface area (Å²) in [5.74, 6) is 0.257. The molecule has 0 spiro atoms. The maximum Gasteiger partial charge on any atom is 0.439 e. The average Bonchev–Trinajstić information content (AvgIpc) is 3.56. The summed E-state index contributed by atoms with van der Waals surface area (Å²) >= 11 is 0. The number of halogens is 1. The van der Waals surface area contributed by atoms with E-state index in [1.807, 2.05) is 45.9 Å². The van der Waals surface area contributed by atoms with Crippen LogP contribution in [0.2, 0.25) is 0 Å². The highest BCUT2D eigenvalue weighted by Gasteiger charge is 2.30. The predicted octanol–water partition coefficient (Wildman–Crippen LogP) is 5.02. The lowest BCUT2D eigenvalue weighted by molar-refractivity contribution is -0.0488. The number of aromatic amines is 1. The van der Waals surface area contributed by atoms with E-state index in [2.05, 4.69) is 24.7 Å². The van der Waals surface area contributed by atoms with Crippen LogP contribution in [-0.2, 0) is 17.6 Å². The summed E-state index contributed by atoms with van der Waals surface area (Å²) in [4.78, 5) is 33.0. The predicted molar refractivity (Wildman–Crippen MR) is 155 cm³/mol. The molecule has 1 N–H and O–H groups in total. The Kier molecular flexibility index (Phi) is 7.36. The van der Waals surface area contributed by atoms with Crippen LogP contribution >= 0.6 is 0 Å². The van der Waals surface area contributed by atoms with Crippen molar-refractivity contribution >= 4 is 5.78 Å². The van der Waals surface area contributed by atoms with Crippen LogP contribution in [0.4, 0.5) is 4.39 Å². The molecule has 0 amide bonds. The van der Waals surface area contributed by atoms with Crippen molar-refractivity contribution in [2.75, 3.05) is 0 Å². The maximum atomic E-state index is 15.8. The van der Waals surface area contributed by atoms with Crippen molar-refractivity contribution < 1.29 is 13.7 Å². The fourth-order valence-corrected chi connectivity index (χ4v) is 6.15. The number of benzene rings is 2. The molecule has 2 aromatic carbocycles. The van der Waals surface area contributed by atoms with E-state index in [-0.39, 0.29) is 36.1 Å². The molecule has 0 unspecified atom stereocenters. The average molecular weight is 573 g/mol. The van der Waals surface area contributed by atoms with E-state index in [1.165, 1.54) is 6.07 Å². The van der Waals surface area contributed by atoms with Gasteiger partial charge in [-0.15, -0.1) is 0 Å². The molecular weight excluding hydrogens is 539 g/mol. The lowest BCUT2D eigenvalue weighted by Gasteiger charge is -2.33. The first-order valence-electron chi connectivity index (χ1n) is 14.3. The second kappa shape index (κ2) is 11.1. The third-order valence-corrected chi connectivity index (χ3v) is 7.87. The van der Waals surface area contributed by atoms with Gasteiger partial charge in [0.25, 0.3) is 5.56 Å². The first-order valence-corrected chi connectivity index (χ1v) is 14.3. The van der Waals surface area contributed by atoms with Crippen molar-refractivity contribution in [3.05, 3.63) is 91.8 Å². The molecule has 1 aliphatic heterocycles. The van der Waals surface area contributed by atoms with E-state index in [0.717, 1.165) is 12.1 Å². The van der Waals surface area contributed by atoms with Crippen molar-refractivity contribution in [1.82, 2.24) is 29.3 Å². The normalized spacial score (nSPS) is 19.0. The number of hydrogen-bond donors (Lipinski definition) is 1. The fourth-order valence-electron chi connectivity index (χ4n) is 6.15. The summed E-state index contributed by atoms with van der Waals surface area (Å²) in [7, 11) is 0. The van der Waals surface area contributed by atoms with Gasteiger partial charge in [-0.3, -0.25) is 18.9 Å². The maximum absolute atomic E-state index is 15.8. The SMILES string of the molecule is CCCc1c(Cc2ccc(-c3ccccc3-c3noc(=O)[nH]3)cc2F)c(=O)n([C@@H]2C[C@@H](C)O[C@@H](C)C2)c2nc(C)nn12. The summed E-state index contributed by atoms with van der Waals surface area (Å²) in [5.41, 5.74) is 3.42. The number of hydrogen-bond acceptors (Lipinski definition) is 7. The van der Waals surface area contributed by atoms with Gasteiger partial charge in [-0.2, -0.15) is 10.1 Å². The van der Waals surface area contributed by atoms with Gasteiger partial charge < -0.3 is 4.74 Å². The van der Waals surface area contributed by atoms with Crippen molar-refractivity contribution in [1.29, 1.82) is 0 Å². The molecule has 5 aromatic rings. The third kappa shape index (κ3) is 5.09. The number of aromatic nitrogens is 6. The quantitative estimate of drug-likeness (QED) is 0.291. The topological polar surface area (TPSA) is 120 Å². The van der Waals surface area contributed by atoms with Gasteiger partial charge >= 0.3 is 5.76 Å². The Bertz CT molecular complexity index is 1880. The molecule has 0 aliphatic carbocycles. The number of nitrogens with one attached hydrogen (secondary N) is 1. The van der Waals surface area contributed by atoms with Crippen LogP contribution < -0.4 is 11.3 Å². The summed E-state index contributed by atoms with van der Waals surface area (Å²) in [6.07, 6.45) is 2.86. The van der Waals surface area contributed by atoms with Gasteiger partial charge in [-0.1, -0.05) is 54.9 Å². The fraction of sp³-hybridized carbons (Fsp3) is 0.387. The standard InChI is InChI=1S/C31H33FN6O4/c1-5-8-27-25(29(39)37(30-33-19(4)35-38(27)30)22-13-17(2)41-18(3)14-22)15-21-12-11-20(16-26(21)32)23-9-6-7-10-24(23)28-34-31(40)42-36-28/h6-7,9-12,16-18,22H,5,8,13-15H2,1-4H3,(H,34,36,40)/t17-,18+,22-. The highest BCUT2D eigenvalue weighted by molar-refractivity contribution is 5.80. The van der Waals surface area contributed by atoms with Crippen molar-refractivity contribution in [3.8, 4) is 22.5 Å². The van der Waals surface area contributed by atoms with Gasteiger partial charge in [0.1, 0.15) is 11.6 Å². The Labute approximate surface area is 241 Å². The van der Waals surface area contributed by atoms with Gasteiger partial charge in [-0.05, 0) is 62.8 Å². The number of rotatable bonds is 7. The third-order valence-electron chi connectivity index (χ3n) is 7.87. The first kappa shape index (κ1) is 27.8. The molecule has 1 aliphatic rings. The van der Waals surface area contributed by atoms with E-state index in [0.29, 0.717) is 58.7 Å². The van der Waals surface area contributed by atoms with E-state index in [1.54, 1.807) is 27.3 Å². The zero-order valence-corrected chi connectivity index (χ0v) is 24.1. The lowest BCUT2D eigenvalue weighted by atomic mass is 9.95. The molecule has 1 fully saturated rings. The molecule has 0 saturated carbocycles. The van der Waals surface area contributed by atoms with Crippen LogP contribution in [0.25, 0.3) is 28.3 Å².